The van der Waals surface area contributed by atoms with Gasteiger partial charge < -0.3 is 35.3 Å². The van der Waals surface area contributed by atoms with Crippen LogP contribution < -0.4 is 32.2 Å². The van der Waals surface area contributed by atoms with Gasteiger partial charge in [0.05, 0.1) is 25.1 Å². The number of rotatable bonds is 18. The predicted octanol–water partition coefficient (Wildman–Crippen LogP) is 5.98. The lowest BCUT2D eigenvalue weighted by Crippen LogP contribution is -2.38. The van der Waals surface area contributed by atoms with E-state index in [1.54, 1.807) is 12.1 Å². The van der Waals surface area contributed by atoms with Crippen LogP contribution in [-0.2, 0) is 47.2 Å². The van der Waals surface area contributed by atoms with E-state index in [1.807, 2.05) is 4.98 Å². The van der Waals surface area contributed by atoms with E-state index in [0.717, 1.165) is 74.4 Å². The topological polar surface area (TPSA) is 313 Å². The first-order valence-electron chi connectivity index (χ1n) is 23.0. The number of nitrogens with one attached hydrogen (secondary N) is 1. The third-order valence-electron chi connectivity index (χ3n) is 11.8. The maximum Gasteiger partial charge on any atom is 0.472 e. The first-order chi connectivity index (χ1) is 34.6. The Morgan fingerprint density at radius 2 is 1.40 bits per heavy atom. The molecule has 10 atom stereocenters. The molecule has 5 aromatic rings. The Hall–Kier alpha value is -5.24. The van der Waals surface area contributed by atoms with Gasteiger partial charge in [-0.2, -0.15) is 0 Å². The number of nitrogens with zero attached hydrogens (tertiary/aromatic N) is 5. The van der Waals surface area contributed by atoms with Gasteiger partial charge in [-0.15, -0.1) is 0 Å². The molecule has 0 radical (unpaired) electrons. The number of fused-ring (bicyclic) bond motifs is 3. The van der Waals surface area contributed by atoms with E-state index >= 15 is 8.78 Å². The summed E-state index contributed by atoms with van der Waals surface area (Å²) in [5.41, 5.74) is 10.4. The van der Waals surface area contributed by atoms with Gasteiger partial charge in [-0.25, -0.2) is 42.5 Å². The highest BCUT2D eigenvalue weighted by molar-refractivity contribution is 8.54. The van der Waals surface area contributed by atoms with Crippen LogP contribution in [0.5, 0.6) is 11.5 Å². The van der Waals surface area contributed by atoms with Crippen molar-refractivity contribution < 1.29 is 69.4 Å². The van der Waals surface area contributed by atoms with E-state index in [1.165, 1.54) is 36.4 Å². The third-order valence-corrected chi connectivity index (χ3v) is 16.4. The van der Waals surface area contributed by atoms with Crippen molar-refractivity contribution in [3.8, 4) is 11.5 Å². The van der Waals surface area contributed by atoms with Gasteiger partial charge in [-0.3, -0.25) is 41.8 Å². The van der Waals surface area contributed by atoms with Crippen molar-refractivity contribution in [2.45, 2.75) is 113 Å². The molecule has 0 amide bonds. The van der Waals surface area contributed by atoms with Crippen LogP contribution in [0.1, 0.15) is 86.2 Å². The maximum absolute atomic E-state index is 16.5. The fourth-order valence-electron chi connectivity index (χ4n) is 8.09. The largest absolute Gasteiger partial charge is 0.472 e. The average Bonchev–Trinajstić information content (AvgIpc) is 4.01. The van der Waals surface area contributed by atoms with Gasteiger partial charge in [0, 0.05) is 24.4 Å². The van der Waals surface area contributed by atoms with Crippen LogP contribution in [0, 0.1) is 0 Å². The molecule has 72 heavy (non-hydrogen) atoms. The summed E-state index contributed by atoms with van der Waals surface area (Å²) < 4.78 is 108. The number of benzene rings is 2. The Labute approximate surface area is 413 Å². The number of hydrogen-bond acceptors (Lipinski definition) is 20. The molecule has 3 saturated heterocycles. The highest BCUT2D eigenvalue weighted by Crippen LogP contribution is 2.65. The lowest BCUT2D eigenvalue weighted by Gasteiger charge is -2.29. The first kappa shape index (κ1) is 53.1. The van der Waals surface area contributed by atoms with Crippen molar-refractivity contribution in [1.82, 2.24) is 29.1 Å². The van der Waals surface area contributed by atoms with Gasteiger partial charge in [-0.1, -0.05) is 50.7 Å². The molecular formula is C44H52F2N8O15P2S. The number of nitrogens with two attached hydrogens (primary N) is 2. The minimum absolute atomic E-state index is 0.0242. The number of carbonyl (C=O) groups excluding carboxylic acids is 2. The quantitative estimate of drug-likeness (QED) is 0.0339. The monoisotopic (exact) mass is 1060 g/mol. The van der Waals surface area contributed by atoms with E-state index in [2.05, 4.69) is 15.0 Å². The van der Waals surface area contributed by atoms with Gasteiger partial charge in [-0.05, 0) is 72.7 Å². The second-order valence-corrected chi connectivity index (χ2v) is 22.4. The first-order valence-corrected chi connectivity index (χ1v) is 27.6. The van der Waals surface area contributed by atoms with E-state index in [4.69, 9.17) is 48.5 Å². The van der Waals surface area contributed by atoms with Crippen molar-refractivity contribution in [2.24, 2.45) is 5.73 Å². The zero-order valence-electron chi connectivity index (χ0n) is 38.4. The summed E-state index contributed by atoms with van der Waals surface area (Å²) in [6, 6.07) is 12.9. The number of esters is 2. The van der Waals surface area contributed by atoms with E-state index in [-0.39, 0.29) is 52.2 Å². The lowest BCUT2D eigenvalue weighted by atomic mass is 10.1. The number of halogens is 2. The Morgan fingerprint density at radius 1 is 0.792 bits per heavy atom. The Balaban J connectivity index is 0.931. The highest BCUT2D eigenvalue weighted by atomic mass is 32.7. The second-order valence-electron chi connectivity index (χ2n) is 16.9. The molecule has 3 fully saturated rings. The second kappa shape index (κ2) is 23.7. The van der Waals surface area contributed by atoms with Gasteiger partial charge in [0.1, 0.15) is 47.8 Å². The van der Waals surface area contributed by atoms with Crippen LogP contribution in [0.25, 0.3) is 11.2 Å². The highest BCUT2D eigenvalue weighted by Gasteiger charge is 2.55. The molecule has 3 aliphatic rings. The number of ether oxygens (including phenoxy) is 4. The summed E-state index contributed by atoms with van der Waals surface area (Å²) in [6.45, 7) is -5.77. The van der Waals surface area contributed by atoms with Gasteiger partial charge in [0.15, 0.2) is 36.3 Å². The van der Waals surface area contributed by atoms with Crippen molar-refractivity contribution in [3.63, 3.8) is 0 Å². The SMILES string of the molecule is NCCCCCCCCCCC(=O)Oc1ccc(C(=O)Oc2ccc(CSP3(=O)OC[C@H]4O[C@@H](n5cnc6c(N)ncnc65)[C@H](F)[C@@H]4OP(=O)(O)OC[C@H]4O[C@@H](n5ccc(=O)[nH]c5=O)[C@H](F)[C@@H]4O3)cc2)cc1. The average molecular weight is 1060 g/mol. The van der Waals surface area contributed by atoms with Crippen LogP contribution in [0.4, 0.5) is 14.6 Å². The molecule has 3 aliphatic heterocycles. The number of phosphoric ester groups is 1. The zero-order chi connectivity index (χ0) is 51.0. The summed E-state index contributed by atoms with van der Waals surface area (Å²) in [4.78, 5) is 74.8. The number of carbonyl (C=O) groups is 2. The number of imidazole rings is 1. The minimum atomic E-state index is -5.26. The molecule has 0 bridgehead atoms. The molecule has 3 aromatic heterocycles. The standard InChI is InChI=1S/C44H52F2N8O15P2S/c45-34-37-31(67-42(34)54-25-51-36-39(48)49-24-50-40(36)54)22-63-71(61,69-38-30(21-62-70(59,60)68-37)66-41(35(38)46)53-20-18-32(55)52-44(53)58)72-23-26-10-14-29(15-11-26)65-43(57)27-12-16-28(17-13-27)64-33(56)9-7-5-3-1-2-4-6-8-19-47/h10-18,20,24-25,30-31,34-35,37-38,41-42H,1-9,19,21-23,47H2,(H,59,60)(H2,48,49,50)(H,52,55,58)/t30-,31-,34-,35-,37-,38-,41-,42-,71?/m1/s1. The summed E-state index contributed by atoms with van der Waals surface area (Å²) >= 11 is 0.570. The molecule has 0 aliphatic carbocycles. The number of nitrogen functional groups attached to an aromatic ring is 1. The van der Waals surface area contributed by atoms with Crippen LogP contribution in [-0.4, -0.2) is 102 Å². The van der Waals surface area contributed by atoms with Gasteiger partial charge >= 0.3 is 32.2 Å². The van der Waals surface area contributed by atoms with E-state index in [9.17, 15) is 33.2 Å². The molecule has 0 spiro atoms. The molecule has 388 valence electrons. The minimum Gasteiger partial charge on any atom is -0.427 e. The van der Waals surface area contributed by atoms with E-state index in [0.29, 0.717) is 34.5 Å². The number of aromatic amines is 1. The molecule has 2 unspecified atom stereocenters. The molecule has 8 rings (SSSR count). The molecule has 6 heterocycles. The Kier molecular flexibility index (Phi) is 17.5. The number of phosphoric acid groups is 1. The zero-order valence-corrected chi connectivity index (χ0v) is 41.0. The number of H-pyrrole nitrogens is 1. The Morgan fingerprint density at radius 3 is 2.08 bits per heavy atom. The lowest BCUT2D eigenvalue weighted by molar-refractivity contribution is -0.134. The number of unbranched alkanes of at least 4 members (excludes halogenated alkanes) is 7. The smallest absolute Gasteiger partial charge is 0.427 e. The van der Waals surface area contributed by atoms with Crippen molar-refractivity contribution in [3.05, 3.63) is 105 Å². The van der Waals surface area contributed by atoms with E-state index < -0.39 is 94.3 Å². The predicted molar refractivity (Wildman–Crippen MR) is 253 cm³/mol. The van der Waals surface area contributed by atoms with Crippen LogP contribution in [0.2, 0.25) is 0 Å². The molecule has 28 heteroatoms. The molecular weight excluding hydrogens is 1010 g/mol. The maximum atomic E-state index is 16.5. The molecule has 2 aromatic carbocycles. The third kappa shape index (κ3) is 13.1. The normalized spacial score (nSPS) is 27.6. The van der Waals surface area contributed by atoms with Crippen molar-refractivity contribution in [1.29, 1.82) is 0 Å². The number of anilines is 1. The Bertz CT molecular complexity index is 2900. The number of aromatic nitrogens is 6. The van der Waals surface area contributed by atoms with Crippen molar-refractivity contribution in [2.75, 3.05) is 25.5 Å². The number of alkyl halides is 2. The number of hydrogen-bond donors (Lipinski definition) is 4. The fourth-order valence-corrected chi connectivity index (χ4v) is 12.4. The molecule has 6 N–H and O–H groups in total. The van der Waals surface area contributed by atoms with Crippen LogP contribution in [0.3, 0.4) is 0 Å². The summed E-state index contributed by atoms with van der Waals surface area (Å²) in [5, 5.41) is 0. The summed E-state index contributed by atoms with van der Waals surface area (Å²) in [6.07, 6.45) is -3.36. The fraction of sp³-hybridized carbons (Fsp3) is 0.477. The summed E-state index contributed by atoms with van der Waals surface area (Å²) in [5.74, 6) is -0.829. The van der Waals surface area contributed by atoms with Crippen molar-refractivity contribution >= 4 is 54.9 Å². The van der Waals surface area contributed by atoms with Crippen LogP contribution >= 0.6 is 26.0 Å². The van der Waals surface area contributed by atoms with Gasteiger partial charge in [0.25, 0.3) is 5.56 Å². The van der Waals surface area contributed by atoms with Gasteiger partial charge in [0.2, 0.25) is 0 Å². The molecule has 23 nitrogen and oxygen atoms in total. The van der Waals surface area contributed by atoms with Crippen LogP contribution in [0.15, 0.2) is 83.0 Å². The summed E-state index contributed by atoms with van der Waals surface area (Å²) in [7, 11) is -5.26. The molecule has 0 saturated carbocycles.